The lowest BCUT2D eigenvalue weighted by Gasteiger charge is -2.05. The molecule has 0 aromatic heterocycles. The summed E-state index contributed by atoms with van der Waals surface area (Å²) in [6.45, 7) is 0. The van der Waals surface area contributed by atoms with Gasteiger partial charge in [0.2, 0.25) is 0 Å². The molecule has 0 heterocycles. The number of carbonyl (C=O) groups is 1. The lowest BCUT2D eigenvalue weighted by molar-refractivity contribution is 0.104. The molecule has 0 spiro atoms. The lowest BCUT2D eigenvalue weighted by Crippen LogP contribution is -1.93. The van der Waals surface area contributed by atoms with Gasteiger partial charge in [0.15, 0.2) is 5.78 Å². The van der Waals surface area contributed by atoms with E-state index in [0.717, 1.165) is 16.7 Å². The maximum atomic E-state index is 12.2. The molecule has 3 aromatic rings. The van der Waals surface area contributed by atoms with Gasteiger partial charge in [0.05, 0.1) is 0 Å². The predicted octanol–water partition coefficient (Wildman–Crippen LogP) is 5.25. The first kappa shape index (κ1) is 14.0. The highest BCUT2D eigenvalue weighted by molar-refractivity contribution is 6.07. The van der Waals surface area contributed by atoms with Crippen LogP contribution in [0.4, 0.5) is 0 Å². The molecule has 1 nitrogen and oxygen atoms in total. The Balaban J connectivity index is 1.90. The third-order valence-corrected chi connectivity index (χ3v) is 3.52. The molecule has 3 aromatic carbocycles. The molecule has 1 heteroatoms. The molecule has 106 valence electrons. The van der Waals surface area contributed by atoms with E-state index < -0.39 is 0 Å². The minimum atomic E-state index is 0.0171. The van der Waals surface area contributed by atoms with E-state index in [-0.39, 0.29) is 5.78 Å². The van der Waals surface area contributed by atoms with Gasteiger partial charge >= 0.3 is 0 Å². The Morgan fingerprint density at radius 2 is 1.27 bits per heavy atom. The molecule has 0 amide bonds. The monoisotopic (exact) mass is 284 g/mol. The van der Waals surface area contributed by atoms with Gasteiger partial charge in [0.25, 0.3) is 0 Å². The van der Waals surface area contributed by atoms with Crippen LogP contribution in [-0.4, -0.2) is 5.78 Å². The second kappa shape index (κ2) is 6.68. The van der Waals surface area contributed by atoms with Crippen LogP contribution < -0.4 is 0 Å². The van der Waals surface area contributed by atoms with Crippen LogP contribution in [0.15, 0.2) is 91.0 Å². The summed E-state index contributed by atoms with van der Waals surface area (Å²) in [6, 6.07) is 27.6. The highest BCUT2D eigenvalue weighted by atomic mass is 16.1. The van der Waals surface area contributed by atoms with Crippen molar-refractivity contribution < 1.29 is 4.79 Å². The minimum absolute atomic E-state index is 0.0171. The van der Waals surface area contributed by atoms with Crippen molar-refractivity contribution in [3.05, 3.63) is 102 Å². The van der Waals surface area contributed by atoms with Crippen molar-refractivity contribution in [3.63, 3.8) is 0 Å². The molecule has 0 aliphatic heterocycles. The van der Waals surface area contributed by atoms with Crippen molar-refractivity contribution in [2.45, 2.75) is 0 Å². The highest BCUT2D eigenvalue weighted by Gasteiger charge is 2.03. The zero-order valence-corrected chi connectivity index (χ0v) is 12.1. The third kappa shape index (κ3) is 3.21. The van der Waals surface area contributed by atoms with Crippen LogP contribution in [0, 0.1) is 0 Å². The maximum absolute atomic E-state index is 12.2. The Kier molecular flexibility index (Phi) is 4.26. The largest absolute Gasteiger partial charge is 0.289 e. The molecule has 0 radical (unpaired) electrons. The molecule has 0 fully saturated rings. The fraction of sp³-hybridized carbons (Fsp3) is 0. The summed E-state index contributed by atoms with van der Waals surface area (Å²) in [5.74, 6) is 0.0171. The van der Waals surface area contributed by atoms with Crippen LogP contribution in [0.2, 0.25) is 0 Å². The van der Waals surface area contributed by atoms with Crippen molar-refractivity contribution in [3.8, 4) is 11.1 Å². The Labute approximate surface area is 130 Å². The van der Waals surface area contributed by atoms with E-state index in [9.17, 15) is 4.79 Å². The van der Waals surface area contributed by atoms with Crippen LogP contribution in [0.3, 0.4) is 0 Å². The summed E-state index contributed by atoms with van der Waals surface area (Å²) in [6.07, 6.45) is 3.52. The first-order valence-electron chi connectivity index (χ1n) is 7.26. The summed E-state index contributed by atoms with van der Waals surface area (Å²) in [4.78, 5) is 12.2. The smallest absolute Gasteiger partial charge is 0.185 e. The first-order valence-corrected chi connectivity index (χ1v) is 7.26. The second-order valence-corrected chi connectivity index (χ2v) is 5.02. The number of rotatable bonds is 4. The zero-order valence-electron chi connectivity index (χ0n) is 12.1. The Hall–Kier alpha value is -2.93. The average Bonchev–Trinajstić information content (AvgIpc) is 2.61. The van der Waals surface area contributed by atoms with Crippen molar-refractivity contribution >= 4 is 11.9 Å². The summed E-state index contributed by atoms with van der Waals surface area (Å²) in [5.41, 5.74) is 4.02. The number of ketones is 1. The molecule has 0 saturated carbocycles. The SMILES string of the molecule is O=C(C=Cc1ccccc1-c1ccccc1)c1ccccc1. The van der Waals surface area contributed by atoms with Crippen molar-refractivity contribution in [1.82, 2.24) is 0 Å². The topological polar surface area (TPSA) is 17.1 Å². The predicted molar refractivity (Wildman–Crippen MR) is 91.7 cm³/mol. The molecule has 3 rings (SSSR count). The molecule has 0 atom stereocenters. The van der Waals surface area contributed by atoms with Gasteiger partial charge < -0.3 is 0 Å². The Bertz CT molecular complexity index is 786. The molecule has 0 saturated heterocycles. The summed E-state index contributed by atoms with van der Waals surface area (Å²) in [5, 5.41) is 0. The number of allylic oxidation sites excluding steroid dienone is 1. The molecular weight excluding hydrogens is 268 g/mol. The van der Waals surface area contributed by atoms with E-state index in [2.05, 4.69) is 18.2 Å². The highest BCUT2D eigenvalue weighted by Crippen LogP contribution is 2.24. The Morgan fingerprint density at radius 1 is 0.682 bits per heavy atom. The molecule has 0 aliphatic carbocycles. The van der Waals surface area contributed by atoms with Crippen LogP contribution in [0.25, 0.3) is 17.2 Å². The first-order chi connectivity index (χ1) is 10.8. The number of benzene rings is 3. The van der Waals surface area contributed by atoms with Crippen LogP contribution in [0.1, 0.15) is 15.9 Å². The van der Waals surface area contributed by atoms with Gasteiger partial charge in [-0.1, -0.05) is 91.0 Å². The van der Waals surface area contributed by atoms with Gasteiger partial charge in [-0.2, -0.15) is 0 Å². The quantitative estimate of drug-likeness (QED) is 0.472. The third-order valence-electron chi connectivity index (χ3n) is 3.52. The van der Waals surface area contributed by atoms with Gasteiger partial charge in [0, 0.05) is 5.56 Å². The number of hydrogen-bond acceptors (Lipinski definition) is 1. The fourth-order valence-electron chi connectivity index (χ4n) is 2.39. The van der Waals surface area contributed by atoms with Crippen LogP contribution in [0.5, 0.6) is 0 Å². The van der Waals surface area contributed by atoms with Gasteiger partial charge in [-0.05, 0) is 22.8 Å². The summed E-state index contributed by atoms with van der Waals surface area (Å²) >= 11 is 0. The minimum Gasteiger partial charge on any atom is -0.289 e. The van der Waals surface area contributed by atoms with Gasteiger partial charge in [0.1, 0.15) is 0 Å². The van der Waals surface area contributed by atoms with E-state index in [0.29, 0.717) is 5.56 Å². The Morgan fingerprint density at radius 3 is 2.00 bits per heavy atom. The van der Waals surface area contributed by atoms with Gasteiger partial charge in [-0.15, -0.1) is 0 Å². The second-order valence-electron chi connectivity index (χ2n) is 5.02. The van der Waals surface area contributed by atoms with Crippen molar-refractivity contribution in [2.24, 2.45) is 0 Å². The zero-order chi connectivity index (χ0) is 15.2. The van der Waals surface area contributed by atoms with Crippen molar-refractivity contribution in [2.75, 3.05) is 0 Å². The molecule has 0 aliphatic rings. The van der Waals surface area contributed by atoms with Crippen LogP contribution in [-0.2, 0) is 0 Å². The standard InChI is InChI=1S/C21H16O/c22-21(19-12-5-2-6-13-19)16-15-18-11-7-8-14-20(18)17-9-3-1-4-10-17/h1-16H. The van der Waals surface area contributed by atoms with E-state index >= 15 is 0 Å². The number of hydrogen-bond donors (Lipinski definition) is 0. The van der Waals surface area contributed by atoms with Gasteiger partial charge in [-0.3, -0.25) is 4.79 Å². The molecule has 22 heavy (non-hydrogen) atoms. The molecule has 0 N–H and O–H groups in total. The number of carbonyl (C=O) groups excluding carboxylic acids is 1. The summed E-state index contributed by atoms with van der Waals surface area (Å²) in [7, 11) is 0. The van der Waals surface area contributed by atoms with E-state index in [1.54, 1.807) is 6.08 Å². The normalized spacial score (nSPS) is 10.7. The molecule has 0 bridgehead atoms. The van der Waals surface area contributed by atoms with E-state index in [1.165, 1.54) is 0 Å². The van der Waals surface area contributed by atoms with E-state index in [4.69, 9.17) is 0 Å². The van der Waals surface area contributed by atoms with Crippen LogP contribution >= 0.6 is 0 Å². The van der Waals surface area contributed by atoms with Crippen molar-refractivity contribution in [1.29, 1.82) is 0 Å². The lowest BCUT2D eigenvalue weighted by atomic mass is 9.99. The average molecular weight is 284 g/mol. The summed E-state index contributed by atoms with van der Waals surface area (Å²) < 4.78 is 0. The maximum Gasteiger partial charge on any atom is 0.185 e. The van der Waals surface area contributed by atoms with Gasteiger partial charge in [-0.25, -0.2) is 0 Å². The molecule has 0 unspecified atom stereocenters. The van der Waals surface area contributed by atoms with E-state index in [1.807, 2.05) is 72.8 Å². The molecular formula is C21H16O. The fourth-order valence-corrected chi connectivity index (χ4v) is 2.39.